The smallest absolute Gasteiger partial charge is 0.255 e. The SMILES string of the molecule is CCCCCCOCCOCCOc1cc(-c2scnc2C)ccc1CNC(=O)[C@@H]1C[C@@H](O)CN1C(=O)[C@H](C(C)C)N1Cc2ccccc2C1=O. The van der Waals surface area contributed by atoms with E-state index in [0.29, 0.717) is 44.3 Å². The van der Waals surface area contributed by atoms with Gasteiger partial charge in [-0.05, 0) is 42.5 Å². The topological polar surface area (TPSA) is 131 Å². The van der Waals surface area contributed by atoms with E-state index in [9.17, 15) is 19.5 Å². The Labute approximate surface area is 305 Å². The molecule has 2 aliphatic heterocycles. The predicted molar refractivity (Wildman–Crippen MR) is 196 cm³/mol. The van der Waals surface area contributed by atoms with Gasteiger partial charge in [-0.15, -0.1) is 11.3 Å². The van der Waals surface area contributed by atoms with Crippen molar-refractivity contribution in [3.05, 3.63) is 70.4 Å². The molecule has 3 atom stereocenters. The molecular weight excluding hydrogens is 669 g/mol. The number of thiazole rings is 1. The van der Waals surface area contributed by atoms with E-state index < -0.39 is 18.2 Å². The highest BCUT2D eigenvalue weighted by Crippen LogP contribution is 2.33. The zero-order chi connectivity index (χ0) is 36.3. The van der Waals surface area contributed by atoms with Crippen LogP contribution in [-0.2, 0) is 32.2 Å². The second-order valence-corrected chi connectivity index (χ2v) is 14.5. The number of amides is 3. The van der Waals surface area contributed by atoms with Gasteiger partial charge in [-0.2, -0.15) is 0 Å². The summed E-state index contributed by atoms with van der Waals surface area (Å²) in [5.74, 6) is -0.491. The number of carbonyl (C=O) groups excluding carboxylic acids is 3. The Morgan fingerprint density at radius 1 is 1.04 bits per heavy atom. The number of fused-ring (bicyclic) bond motifs is 1. The van der Waals surface area contributed by atoms with Gasteiger partial charge in [0.2, 0.25) is 11.8 Å². The summed E-state index contributed by atoms with van der Waals surface area (Å²) in [7, 11) is 0. The maximum absolute atomic E-state index is 14.1. The van der Waals surface area contributed by atoms with Gasteiger partial charge in [-0.3, -0.25) is 14.4 Å². The van der Waals surface area contributed by atoms with E-state index in [1.54, 1.807) is 22.3 Å². The molecule has 3 amide bonds. The maximum Gasteiger partial charge on any atom is 0.255 e. The Balaban J connectivity index is 1.21. The number of hydrogen-bond donors (Lipinski definition) is 2. The number of benzene rings is 2. The first kappa shape index (κ1) is 38.4. The van der Waals surface area contributed by atoms with Crippen LogP contribution in [0.5, 0.6) is 5.75 Å². The molecule has 11 nitrogen and oxygen atoms in total. The van der Waals surface area contributed by atoms with Gasteiger partial charge >= 0.3 is 0 Å². The number of aliphatic hydroxyl groups is 1. The number of aliphatic hydroxyl groups excluding tert-OH is 1. The molecule has 3 aromatic rings. The summed E-state index contributed by atoms with van der Waals surface area (Å²) in [6, 6.07) is 11.6. The molecule has 1 aromatic heterocycles. The molecule has 276 valence electrons. The minimum Gasteiger partial charge on any atom is -0.491 e. The first-order valence-corrected chi connectivity index (χ1v) is 19.0. The lowest BCUT2D eigenvalue weighted by Crippen LogP contribution is -2.55. The molecule has 2 N–H and O–H groups in total. The summed E-state index contributed by atoms with van der Waals surface area (Å²) in [6.07, 6.45) is 3.94. The number of hydrogen-bond acceptors (Lipinski definition) is 9. The standard InChI is InChI=1S/C39H52N4O7S/c1-5-6-7-10-15-48-16-17-49-18-19-50-34-20-28(36-27(4)41-25-51-36)13-14-29(34)22-40-37(45)33-21-31(44)24-42(33)39(47)35(26(2)3)43-23-30-11-8-9-12-32(30)38(43)46/h8-9,11-14,20,25-26,31,33,35,44H,5-7,10,15-19,21-24H2,1-4H3,(H,40,45)/t31-,33+,35+/m1/s1. The van der Waals surface area contributed by atoms with E-state index in [1.165, 1.54) is 24.2 Å². The summed E-state index contributed by atoms with van der Waals surface area (Å²) < 4.78 is 17.6. The van der Waals surface area contributed by atoms with Gasteiger partial charge in [0, 0.05) is 43.8 Å². The van der Waals surface area contributed by atoms with Crippen LogP contribution in [0.1, 0.15) is 80.1 Å². The number of ether oxygens (including phenoxy) is 3. The first-order chi connectivity index (χ1) is 24.7. The highest BCUT2D eigenvalue weighted by Gasteiger charge is 2.45. The number of nitrogens with zero attached hydrogens (tertiary/aromatic N) is 3. The second-order valence-electron chi connectivity index (χ2n) is 13.6. The Kier molecular flexibility index (Phi) is 14.0. The molecule has 0 saturated carbocycles. The molecule has 0 unspecified atom stereocenters. The number of rotatable bonds is 19. The van der Waals surface area contributed by atoms with Crippen LogP contribution in [0.4, 0.5) is 0 Å². The van der Waals surface area contributed by atoms with Crippen molar-refractivity contribution in [1.82, 2.24) is 20.1 Å². The van der Waals surface area contributed by atoms with Gasteiger partial charge < -0.3 is 34.4 Å². The lowest BCUT2D eigenvalue weighted by Gasteiger charge is -2.35. The molecule has 5 rings (SSSR count). The van der Waals surface area contributed by atoms with Gasteiger partial charge in [0.15, 0.2) is 0 Å². The number of nitrogens with one attached hydrogen (secondary N) is 1. The quantitative estimate of drug-likeness (QED) is 0.158. The second kappa shape index (κ2) is 18.6. The third-order valence-corrected chi connectivity index (χ3v) is 10.4. The van der Waals surface area contributed by atoms with E-state index >= 15 is 0 Å². The molecule has 0 bridgehead atoms. The molecule has 0 aliphatic carbocycles. The lowest BCUT2D eigenvalue weighted by molar-refractivity contribution is -0.143. The van der Waals surface area contributed by atoms with Crippen molar-refractivity contribution < 1.29 is 33.7 Å². The molecule has 1 fully saturated rings. The van der Waals surface area contributed by atoms with Crippen LogP contribution in [-0.4, -0.2) is 95.4 Å². The number of unbranched alkanes of at least 4 members (excludes halogenated alkanes) is 3. The Bertz CT molecular complexity index is 1630. The van der Waals surface area contributed by atoms with E-state index in [0.717, 1.165) is 40.3 Å². The largest absolute Gasteiger partial charge is 0.491 e. The highest BCUT2D eigenvalue weighted by molar-refractivity contribution is 7.13. The summed E-state index contributed by atoms with van der Waals surface area (Å²) >= 11 is 1.55. The molecule has 51 heavy (non-hydrogen) atoms. The van der Waals surface area contributed by atoms with Crippen molar-refractivity contribution in [3.63, 3.8) is 0 Å². The summed E-state index contributed by atoms with van der Waals surface area (Å²) in [6.45, 7) is 10.9. The number of aryl methyl sites for hydroxylation is 1. The molecule has 0 spiro atoms. The van der Waals surface area contributed by atoms with Crippen LogP contribution in [0.15, 0.2) is 48.0 Å². The van der Waals surface area contributed by atoms with Gasteiger partial charge in [-0.25, -0.2) is 4.98 Å². The zero-order valence-electron chi connectivity index (χ0n) is 30.3. The average Bonchev–Trinajstić information content (AvgIpc) is 3.82. The van der Waals surface area contributed by atoms with Crippen LogP contribution in [0, 0.1) is 12.8 Å². The fourth-order valence-corrected chi connectivity index (χ4v) is 7.58. The minimum atomic E-state index is -0.875. The molecule has 3 heterocycles. The highest BCUT2D eigenvalue weighted by atomic mass is 32.1. The molecular formula is C39H52N4O7S. The lowest BCUT2D eigenvalue weighted by atomic mass is 10.0. The van der Waals surface area contributed by atoms with Gasteiger partial charge in [-0.1, -0.05) is 70.4 Å². The van der Waals surface area contributed by atoms with Crippen molar-refractivity contribution in [2.24, 2.45) is 5.92 Å². The zero-order valence-corrected chi connectivity index (χ0v) is 31.1. The van der Waals surface area contributed by atoms with Crippen molar-refractivity contribution in [3.8, 4) is 16.2 Å². The van der Waals surface area contributed by atoms with Crippen LogP contribution in [0.2, 0.25) is 0 Å². The summed E-state index contributed by atoms with van der Waals surface area (Å²) in [5, 5.41) is 13.6. The average molecular weight is 721 g/mol. The van der Waals surface area contributed by atoms with Crippen LogP contribution in [0.25, 0.3) is 10.4 Å². The maximum atomic E-state index is 14.1. The van der Waals surface area contributed by atoms with Crippen LogP contribution >= 0.6 is 11.3 Å². The van der Waals surface area contributed by atoms with Crippen LogP contribution in [0.3, 0.4) is 0 Å². The molecule has 2 aromatic carbocycles. The van der Waals surface area contributed by atoms with E-state index in [2.05, 4.69) is 17.2 Å². The number of carbonyl (C=O) groups is 3. The van der Waals surface area contributed by atoms with Crippen molar-refractivity contribution in [2.45, 2.75) is 91.1 Å². The van der Waals surface area contributed by atoms with E-state index in [-0.39, 0.29) is 43.1 Å². The fourth-order valence-electron chi connectivity index (χ4n) is 6.77. The first-order valence-electron chi connectivity index (χ1n) is 18.2. The number of β-amino-alcohol motifs (C(OH)–C–C–N with tert-alkyl or cyclic N) is 1. The molecule has 12 heteroatoms. The molecule has 0 radical (unpaired) electrons. The summed E-state index contributed by atoms with van der Waals surface area (Å²) in [4.78, 5) is 49.7. The normalized spacial score (nSPS) is 17.6. The van der Waals surface area contributed by atoms with E-state index in [4.69, 9.17) is 14.2 Å². The van der Waals surface area contributed by atoms with Crippen molar-refractivity contribution in [2.75, 3.05) is 39.6 Å². The molecule has 2 aliphatic rings. The van der Waals surface area contributed by atoms with Crippen molar-refractivity contribution in [1.29, 1.82) is 0 Å². The van der Waals surface area contributed by atoms with Crippen molar-refractivity contribution >= 4 is 29.1 Å². The third kappa shape index (κ3) is 9.73. The van der Waals surface area contributed by atoms with Gasteiger partial charge in [0.05, 0.1) is 42.0 Å². The summed E-state index contributed by atoms with van der Waals surface area (Å²) in [5.41, 5.74) is 5.93. The Hall–Kier alpha value is -3.84. The number of aromatic nitrogens is 1. The number of likely N-dealkylation sites (tertiary alicyclic amines) is 1. The minimum absolute atomic E-state index is 0.0241. The van der Waals surface area contributed by atoms with E-state index in [1.807, 2.05) is 62.7 Å². The Morgan fingerprint density at radius 2 is 1.80 bits per heavy atom. The van der Waals surface area contributed by atoms with Crippen LogP contribution < -0.4 is 10.1 Å². The molecule has 1 saturated heterocycles. The van der Waals surface area contributed by atoms with Gasteiger partial charge in [0.25, 0.3) is 5.91 Å². The fraction of sp³-hybridized carbons (Fsp3) is 0.538. The predicted octanol–water partition coefficient (Wildman–Crippen LogP) is 5.37. The monoisotopic (exact) mass is 720 g/mol. The Morgan fingerprint density at radius 3 is 2.53 bits per heavy atom. The van der Waals surface area contributed by atoms with Gasteiger partial charge in [0.1, 0.15) is 24.4 Å². The third-order valence-electron chi connectivity index (χ3n) is 9.46.